The van der Waals surface area contributed by atoms with E-state index in [-0.39, 0.29) is 25.5 Å². The molecule has 2 aliphatic rings. The number of carbonyl (C=O) groups is 1. The number of anilines is 1. The Bertz CT molecular complexity index is 1360. The largest absolute Gasteiger partial charge is 0.403 e. The normalized spacial score (nSPS) is 17.7. The number of fused-ring (bicyclic) bond motifs is 1. The molecule has 1 aliphatic carbocycles. The number of alkyl halides is 3. The maximum absolute atomic E-state index is 13.2. The Balaban J connectivity index is 1.33. The standard InChI is InChI=1S/C27H29Cl2F3N4O2/c1-35-23-14-22(36-9-5-18(38-2)6-10-36)20(29)13-21(23)34-24(35)12-17-11-16(3-4-19(17)28)15-33-25(37)26(7-8-26)27(30,31)32/h3-4,11,13-14,18H,5-10,12,15H2,1-2H3,(H,33,37). The zero-order valence-electron chi connectivity index (χ0n) is 21.2. The highest BCUT2D eigenvalue weighted by molar-refractivity contribution is 6.34. The summed E-state index contributed by atoms with van der Waals surface area (Å²) >= 11 is 13.1. The lowest BCUT2D eigenvalue weighted by Gasteiger charge is -2.33. The van der Waals surface area contributed by atoms with Crippen molar-refractivity contribution in [1.29, 1.82) is 0 Å². The van der Waals surface area contributed by atoms with Crippen LogP contribution >= 0.6 is 23.2 Å². The summed E-state index contributed by atoms with van der Waals surface area (Å²) < 4.78 is 47.2. The minimum absolute atomic E-state index is 0.0118. The number of hydrogen-bond acceptors (Lipinski definition) is 4. The SMILES string of the molecule is COC1CCN(c2cc3c(cc2Cl)nc(Cc2cc(CNC(=O)C4(C(F)(F)F)CC4)ccc2Cl)n3C)CC1. The topological polar surface area (TPSA) is 59.4 Å². The highest BCUT2D eigenvalue weighted by atomic mass is 35.5. The van der Waals surface area contributed by atoms with Crippen molar-refractivity contribution in [3.05, 3.63) is 57.3 Å². The second kappa shape index (κ2) is 10.2. The molecule has 11 heteroatoms. The summed E-state index contributed by atoms with van der Waals surface area (Å²) in [5.41, 5.74) is 1.86. The maximum Gasteiger partial charge on any atom is 0.403 e. The van der Waals surface area contributed by atoms with Gasteiger partial charge in [0.2, 0.25) is 5.91 Å². The third-order valence-electron chi connectivity index (χ3n) is 7.80. The molecule has 2 fully saturated rings. The predicted molar refractivity (Wildman–Crippen MR) is 142 cm³/mol. The number of benzene rings is 2. The van der Waals surface area contributed by atoms with E-state index in [9.17, 15) is 18.0 Å². The second-order valence-electron chi connectivity index (χ2n) is 10.2. The minimum Gasteiger partial charge on any atom is -0.381 e. The van der Waals surface area contributed by atoms with Crippen LogP contribution in [0, 0.1) is 5.41 Å². The average molecular weight is 569 g/mol. The second-order valence-corrected chi connectivity index (χ2v) is 11.0. The van der Waals surface area contributed by atoms with Crippen LogP contribution in [-0.2, 0) is 29.5 Å². The molecule has 1 saturated heterocycles. The van der Waals surface area contributed by atoms with Crippen molar-refractivity contribution in [2.75, 3.05) is 25.1 Å². The van der Waals surface area contributed by atoms with Crippen molar-refractivity contribution < 1.29 is 22.7 Å². The Morgan fingerprint density at radius 2 is 1.87 bits per heavy atom. The van der Waals surface area contributed by atoms with Gasteiger partial charge in [0, 0.05) is 45.2 Å². The Kier molecular flexibility index (Phi) is 7.30. The first-order valence-electron chi connectivity index (χ1n) is 12.6. The first-order valence-corrected chi connectivity index (χ1v) is 13.3. The van der Waals surface area contributed by atoms with Crippen LogP contribution in [0.15, 0.2) is 30.3 Å². The van der Waals surface area contributed by atoms with E-state index in [1.54, 1.807) is 25.3 Å². The van der Waals surface area contributed by atoms with Gasteiger partial charge in [-0.15, -0.1) is 0 Å². The van der Waals surface area contributed by atoms with E-state index < -0.39 is 17.5 Å². The van der Waals surface area contributed by atoms with E-state index in [0.717, 1.165) is 54.0 Å². The van der Waals surface area contributed by atoms with Gasteiger partial charge in [0.05, 0.1) is 27.8 Å². The average Bonchev–Trinajstić information content (AvgIpc) is 3.66. The lowest BCUT2D eigenvalue weighted by atomic mass is 10.0. The fourth-order valence-corrected chi connectivity index (χ4v) is 5.61. The monoisotopic (exact) mass is 568 g/mol. The number of amides is 1. The molecule has 0 radical (unpaired) electrons. The number of imidazole rings is 1. The molecule has 204 valence electrons. The number of rotatable bonds is 7. The van der Waals surface area contributed by atoms with Gasteiger partial charge >= 0.3 is 6.18 Å². The molecule has 0 unspecified atom stereocenters. The fraction of sp³-hybridized carbons (Fsp3) is 0.481. The fourth-order valence-electron chi connectivity index (χ4n) is 5.14. The van der Waals surface area contributed by atoms with E-state index in [1.165, 1.54) is 0 Å². The molecular formula is C27H29Cl2F3N4O2. The number of nitrogens with one attached hydrogen (secondary N) is 1. The van der Waals surface area contributed by atoms with E-state index >= 15 is 0 Å². The zero-order valence-corrected chi connectivity index (χ0v) is 22.7. The van der Waals surface area contributed by atoms with Crippen LogP contribution < -0.4 is 10.2 Å². The summed E-state index contributed by atoms with van der Waals surface area (Å²) in [6, 6.07) is 9.13. The summed E-state index contributed by atoms with van der Waals surface area (Å²) in [5, 5.41) is 3.61. The number of aryl methyl sites for hydroxylation is 1. The summed E-state index contributed by atoms with van der Waals surface area (Å²) in [7, 11) is 3.68. The van der Waals surface area contributed by atoms with Gasteiger partial charge in [-0.05, 0) is 55.0 Å². The lowest BCUT2D eigenvalue weighted by Crippen LogP contribution is -2.40. The first kappa shape index (κ1) is 27.1. The van der Waals surface area contributed by atoms with Gasteiger partial charge in [0.15, 0.2) is 0 Å². The van der Waals surface area contributed by atoms with E-state index in [0.29, 0.717) is 22.0 Å². The molecule has 5 rings (SSSR count). The smallest absolute Gasteiger partial charge is 0.381 e. The van der Waals surface area contributed by atoms with Gasteiger partial charge in [-0.25, -0.2) is 4.98 Å². The van der Waals surface area contributed by atoms with Crippen LogP contribution in [-0.4, -0.2) is 47.9 Å². The zero-order chi connectivity index (χ0) is 27.2. The summed E-state index contributed by atoms with van der Waals surface area (Å²) in [5.74, 6) is -0.209. The van der Waals surface area contributed by atoms with Crippen molar-refractivity contribution in [3.63, 3.8) is 0 Å². The van der Waals surface area contributed by atoms with E-state index in [1.807, 2.05) is 17.7 Å². The van der Waals surface area contributed by atoms with E-state index in [4.69, 9.17) is 32.9 Å². The Morgan fingerprint density at radius 3 is 2.50 bits per heavy atom. The molecule has 0 bridgehead atoms. The van der Waals surface area contributed by atoms with Gasteiger partial charge in [0.25, 0.3) is 0 Å². The minimum atomic E-state index is -4.54. The van der Waals surface area contributed by atoms with Crippen molar-refractivity contribution >= 4 is 45.8 Å². The summed E-state index contributed by atoms with van der Waals surface area (Å²) in [4.78, 5) is 19.3. The molecule has 1 saturated carbocycles. The van der Waals surface area contributed by atoms with Crippen LogP contribution in [0.4, 0.5) is 18.9 Å². The number of carbonyl (C=O) groups excluding carboxylic acids is 1. The van der Waals surface area contributed by atoms with Gasteiger partial charge < -0.3 is 19.5 Å². The van der Waals surface area contributed by atoms with Gasteiger partial charge in [0.1, 0.15) is 11.2 Å². The van der Waals surface area contributed by atoms with Crippen molar-refractivity contribution in [2.24, 2.45) is 12.5 Å². The number of methoxy groups -OCH3 is 1. The third kappa shape index (κ3) is 5.08. The lowest BCUT2D eigenvalue weighted by molar-refractivity contribution is -0.192. The molecule has 0 atom stereocenters. The molecule has 0 spiro atoms. The molecule has 1 aromatic heterocycles. The van der Waals surface area contributed by atoms with Gasteiger partial charge in [-0.3, -0.25) is 4.79 Å². The molecular weight excluding hydrogens is 540 g/mol. The highest BCUT2D eigenvalue weighted by Gasteiger charge is 2.68. The molecule has 38 heavy (non-hydrogen) atoms. The first-order chi connectivity index (χ1) is 18.0. The molecule has 2 heterocycles. The number of aromatic nitrogens is 2. The molecule has 1 aliphatic heterocycles. The van der Waals surface area contributed by atoms with Crippen LogP contribution in [0.5, 0.6) is 0 Å². The number of piperidine rings is 1. The van der Waals surface area contributed by atoms with Crippen molar-refractivity contribution in [3.8, 4) is 0 Å². The number of hydrogen-bond donors (Lipinski definition) is 1. The van der Waals surface area contributed by atoms with Gasteiger partial charge in [-0.1, -0.05) is 35.3 Å². The van der Waals surface area contributed by atoms with Gasteiger partial charge in [-0.2, -0.15) is 13.2 Å². The Hall–Kier alpha value is -2.49. The summed E-state index contributed by atoms with van der Waals surface area (Å²) in [6.45, 7) is 1.71. The third-order valence-corrected chi connectivity index (χ3v) is 8.47. The Morgan fingerprint density at radius 1 is 1.16 bits per heavy atom. The predicted octanol–water partition coefficient (Wildman–Crippen LogP) is 6.04. The quantitative estimate of drug-likeness (QED) is 0.377. The van der Waals surface area contributed by atoms with Crippen LogP contribution in [0.25, 0.3) is 11.0 Å². The van der Waals surface area contributed by atoms with Crippen molar-refractivity contribution in [2.45, 2.75) is 50.9 Å². The van der Waals surface area contributed by atoms with Crippen molar-refractivity contribution in [1.82, 2.24) is 14.9 Å². The molecule has 6 nitrogen and oxygen atoms in total. The summed E-state index contributed by atoms with van der Waals surface area (Å²) in [6.07, 6.45) is -2.32. The van der Waals surface area contributed by atoms with Crippen LogP contribution in [0.1, 0.15) is 42.6 Å². The van der Waals surface area contributed by atoms with Crippen LogP contribution in [0.2, 0.25) is 10.0 Å². The van der Waals surface area contributed by atoms with Crippen LogP contribution in [0.3, 0.4) is 0 Å². The number of halogens is 5. The highest BCUT2D eigenvalue weighted by Crippen LogP contribution is 2.57. The van der Waals surface area contributed by atoms with E-state index in [2.05, 4.69) is 16.3 Å². The Labute approximate surface area is 229 Å². The molecule has 1 N–H and O–H groups in total. The molecule has 3 aromatic rings. The number of nitrogens with zero attached hydrogens (tertiary/aromatic N) is 3. The molecule has 1 amide bonds. The number of ether oxygens (including phenoxy) is 1. The maximum atomic E-state index is 13.2. The molecule has 2 aromatic carbocycles.